The molecule has 0 amide bonds. The molecule has 0 atom stereocenters. The van der Waals surface area contributed by atoms with Gasteiger partial charge in [0.25, 0.3) is 0 Å². The van der Waals surface area contributed by atoms with Crippen molar-refractivity contribution in [3.8, 4) is 0 Å². The van der Waals surface area contributed by atoms with Crippen LogP contribution in [0.3, 0.4) is 0 Å². The minimum Gasteiger partial charge on any atom is -0.370 e. The normalized spacial score (nSPS) is 11.4. The molecule has 0 radical (unpaired) electrons. The van der Waals surface area contributed by atoms with Crippen molar-refractivity contribution in [1.82, 2.24) is 0 Å². The maximum absolute atomic E-state index is 12.4. The molecule has 0 heterocycles. The number of carbonyl (C=O) groups is 1. The molecule has 0 aliphatic heterocycles. The molecule has 0 bridgehead atoms. The SMILES string of the molecule is CC(C)(Nc1cccc2ccccc12)C(=O)OOCc1ccccc1.O=P(O)(O)Cl. The molecule has 9 heteroatoms. The molecule has 0 unspecified atom stereocenters. The fourth-order valence-corrected chi connectivity index (χ4v) is 2.55. The van der Waals surface area contributed by atoms with E-state index in [0.29, 0.717) is 0 Å². The monoisotopic (exact) mass is 451 g/mol. The van der Waals surface area contributed by atoms with Crippen LogP contribution in [0, 0.1) is 0 Å². The number of benzene rings is 3. The molecule has 0 aromatic heterocycles. The third-order valence-corrected chi connectivity index (χ3v) is 3.95. The maximum atomic E-state index is 12.4. The Balaban J connectivity index is 0.000000575. The number of carbonyl (C=O) groups excluding carboxylic acids is 1. The molecule has 0 fully saturated rings. The first-order valence-electron chi connectivity index (χ1n) is 8.95. The van der Waals surface area contributed by atoms with E-state index in [2.05, 4.69) is 16.6 Å². The van der Waals surface area contributed by atoms with Gasteiger partial charge in [-0.1, -0.05) is 66.7 Å². The van der Waals surface area contributed by atoms with Crippen molar-refractivity contribution >= 4 is 40.6 Å². The molecule has 3 aromatic rings. The van der Waals surface area contributed by atoms with E-state index in [-0.39, 0.29) is 6.61 Å². The number of rotatable bonds is 6. The van der Waals surface area contributed by atoms with E-state index in [1.54, 1.807) is 13.8 Å². The highest BCUT2D eigenvalue weighted by Crippen LogP contribution is 2.39. The summed E-state index contributed by atoms with van der Waals surface area (Å²) in [6.45, 7) is -0.414. The molecule has 160 valence electrons. The van der Waals surface area contributed by atoms with Gasteiger partial charge in [-0.05, 0) is 30.9 Å². The lowest BCUT2D eigenvalue weighted by molar-refractivity contribution is -0.283. The minimum absolute atomic E-state index is 0.219. The average Bonchev–Trinajstić information content (AvgIpc) is 2.67. The smallest absolute Gasteiger partial charge is 0.370 e. The molecule has 7 nitrogen and oxygen atoms in total. The van der Waals surface area contributed by atoms with Crippen LogP contribution in [-0.4, -0.2) is 21.3 Å². The Hall–Kier alpha value is -2.41. The summed E-state index contributed by atoms with van der Waals surface area (Å²) in [6, 6.07) is 23.5. The van der Waals surface area contributed by atoms with Gasteiger partial charge < -0.3 is 15.1 Å². The third kappa shape index (κ3) is 8.14. The lowest BCUT2D eigenvalue weighted by Crippen LogP contribution is -2.41. The number of nitrogens with one attached hydrogen (secondary N) is 1. The fraction of sp³-hybridized carbons (Fsp3) is 0.190. The van der Waals surface area contributed by atoms with Crippen LogP contribution in [0.1, 0.15) is 19.4 Å². The molecule has 3 aromatic carbocycles. The van der Waals surface area contributed by atoms with Crippen LogP contribution in [0.5, 0.6) is 0 Å². The van der Waals surface area contributed by atoms with Crippen LogP contribution in [0.4, 0.5) is 5.69 Å². The first-order valence-corrected chi connectivity index (χ1v) is 11.5. The fourth-order valence-electron chi connectivity index (χ4n) is 2.55. The van der Waals surface area contributed by atoms with Crippen molar-refractivity contribution in [3.05, 3.63) is 78.4 Å². The standard InChI is InChI=1S/C21H21NO3.ClH2O3P/c1-21(2,20(23)25-24-15-16-9-4-3-5-10-16)22-19-14-8-12-17-11-6-7-13-18(17)19;1-5(2,3)4/h3-14,22H,15H2,1-2H3;(H2,2,3,4). The minimum atomic E-state index is -4.17. The topological polar surface area (TPSA) is 105 Å². The Morgan fingerprint density at radius 1 is 1.00 bits per heavy atom. The van der Waals surface area contributed by atoms with Crippen molar-refractivity contribution in [2.24, 2.45) is 0 Å². The lowest BCUT2D eigenvalue weighted by Gasteiger charge is -2.25. The molecule has 0 aliphatic carbocycles. The van der Waals surface area contributed by atoms with E-state index < -0.39 is 18.5 Å². The van der Waals surface area contributed by atoms with Gasteiger partial charge >= 0.3 is 12.9 Å². The van der Waals surface area contributed by atoms with Crippen LogP contribution in [-0.2, 0) is 25.7 Å². The quantitative estimate of drug-likeness (QED) is 0.274. The summed E-state index contributed by atoms with van der Waals surface area (Å²) in [5.41, 5.74) is 0.888. The number of halogens is 1. The Kier molecular flexibility index (Phi) is 8.41. The Morgan fingerprint density at radius 2 is 1.57 bits per heavy atom. The molecule has 30 heavy (non-hydrogen) atoms. The highest BCUT2D eigenvalue weighted by atomic mass is 35.7. The van der Waals surface area contributed by atoms with Crippen LogP contribution in [0.15, 0.2) is 72.8 Å². The summed E-state index contributed by atoms with van der Waals surface area (Å²) < 4.78 is 9.09. The van der Waals surface area contributed by atoms with Gasteiger partial charge in [-0.15, -0.1) is 0 Å². The molecule has 0 saturated heterocycles. The Morgan fingerprint density at radius 3 is 2.23 bits per heavy atom. The number of hydrogen-bond acceptors (Lipinski definition) is 5. The van der Waals surface area contributed by atoms with Crippen LogP contribution in [0.2, 0.25) is 0 Å². The van der Waals surface area contributed by atoms with E-state index in [0.717, 1.165) is 22.0 Å². The zero-order valence-electron chi connectivity index (χ0n) is 16.5. The lowest BCUT2D eigenvalue weighted by atomic mass is 10.0. The van der Waals surface area contributed by atoms with E-state index in [1.165, 1.54) is 0 Å². The number of fused-ring (bicyclic) bond motifs is 1. The van der Waals surface area contributed by atoms with Crippen LogP contribution < -0.4 is 5.32 Å². The van der Waals surface area contributed by atoms with Gasteiger partial charge in [-0.2, -0.15) is 4.89 Å². The molecule has 3 N–H and O–H groups in total. The van der Waals surface area contributed by atoms with Crippen molar-refractivity contribution in [2.75, 3.05) is 5.32 Å². The predicted octanol–water partition coefficient (Wildman–Crippen LogP) is 5.02. The second-order valence-electron chi connectivity index (χ2n) is 6.87. The summed E-state index contributed by atoms with van der Waals surface area (Å²) in [6.07, 6.45) is 0. The van der Waals surface area contributed by atoms with Gasteiger partial charge in [0, 0.05) is 22.3 Å². The van der Waals surface area contributed by atoms with E-state index in [9.17, 15) is 4.79 Å². The van der Waals surface area contributed by atoms with Crippen molar-refractivity contribution in [3.63, 3.8) is 0 Å². The van der Waals surface area contributed by atoms with E-state index in [1.807, 2.05) is 72.8 Å². The highest BCUT2D eigenvalue weighted by Gasteiger charge is 2.31. The third-order valence-electron chi connectivity index (χ3n) is 3.95. The van der Waals surface area contributed by atoms with Crippen LogP contribution >= 0.6 is 18.2 Å². The average molecular weight is 452 g/mol. The van der Waals surface area contributed by atoms with Gasteiger partial charge in [-0.25, -0.2) is 9.36 Å². The summed E-state index contributed by atoms with van der Waals surface area (Å²) in [4.78, 5) is 37.3. The largest absolute Gasteiger partial charge is 0.419 e. The molecular weight excluding hydrogens is 429 g/mol. The summed E-state index contributed by atoms with van der Waals surface area (Å²) in [5, 5.41) is 5.42. The van der Waals surface area contributed by atoms with E-state index >= 15 is 0 Å². The van der Waals surface area contributed by atoms with Crippen LogP contribution in [0.25, 0.3) is 10.8 Å². The Bertz CT molecular complexity index is 1010. The van der Waals surface area contributed by atoms with Crippen molar-refractivity contribution < 1.29 is 28.9 Å². The molecule has 3 rings (SSSR count). The van der Waals surface area contributed by atoms with Gasteiger partial charge in [0.2, 0.25) is 0 Å². The zero-order chi connectivity index (χ0) is 22.2. The summed E-state index contributed by atoms with van der Waals surface area (Å²) in [5.74, 6) is -0.476. The number of hydrogen-bond donors (Lipinski definition) is 3. The molecule has 0 spiro atoms. The zero-order valence-corrected chi connectivity index (χ0v) is 18.1. The second kappa shape index (κ2) is 10.6. The van der Waals surface area contributed by atoms with Gasteiger partial charge in [0.05, 0.1) is 0 Å². The second-order valence-corrected chi connectivity index (χ2v) is 9.14. The predicted molar refractivity (Wildman–Crippen MR) is 117 cm³/mol. The summed E-state index contributed by atoms with van der Waals surface area (Å²) >= 11 is 4.20. The summed E-state index contributed by atoms with van der Waals surface area (Å²) in [7, 11) is 0. The molecule has 0 aliphatic rings. The first-order chi connectivity index (χ1) is 14.1. The highest BCUT2D eigenvalue weighted by molar-refractivity contribution is 7.79. The molecular formula is C21H23ClNO6P. The Labute approximate surface area is 179 Å². The van der Waals surface area contributed by atoms with Gasteiger partial charge in [0.15, 0.2) is 0 Å². The van der Waals surface area contributed by atoms with Gasteiger partial charge in [-0.3, -0.25) is 4.89 Å². The van der Waals surface area contributed by atoms with Gasteiger partial charge in [0.1, 0.15) is 12.1 Å². The number of anilines is 1. The first kappa shape index (κ1) is 23.9. The molecule has 0 saturated carbocycles. The maximum Gasteiger partial charge on any atom is 0.419 e. The van der Waals surface area contributed by atoms with Crippen molar-refractivity contribution in [2.45, 2.75) is 26.0 Å². The van der Waals surface area contributed by atoms with E-state index in [4.69, 9.17) is 24.1 Å². The van der Waals surface area contributed by atoms with Crippen molar-refractivity contribution in [1.29, 1.82) is 0 Å².